The number of likely N-dealkylation sites (N-methyl/N-ethyl adjacent to an activating group) is 1. The Labute approximate surface area is 176 Å². The molecular weight excluding hydrogens is 414 g/mol. The molecule has 0 unspecified atom stereocenters. The number of carbonyl (C=O) groups excluding carboxylic acids is 1. The molecule has 0 atom stereocenters. The number of amides is 1. The quantitative estimate of drug-likeness (QED) is 0.616. The van der Waals surface area contributed by atoms with Gasteiger partial charge in [0.15, 0.2) is 0 Å². The molecule has 0 aliphatic carbocycles. The van der Waals surface area contributed by atoms with Crippen LogP contribution in [0.3, 0.4) is 0 Å². The van der Waals surface area contributed by atoms with Crippen LogP contribution in [0.1, 0.15) is 16.7 Å². The largest absolute Gasteiger partial charge is 0.487 e. The molecule has 154 valence electrons. The minimum Gasteiger partial charge on any atom is -0.487 e. The van der Waals surface area contributed by atoms with Gasteiger partial charge in [-0.2, -0.15) is 0 Å². The fourth-order valence-electron chi connectivity index (χ4n) is 3.38. The molecule has 3 aromatic rings. The Balaban J connectivity index is 1.51. The molecule has 1 aliphatic rings. The molecule has 1 amide bonds. The molecule has 0 spiro atoms. The van der Waals surface area contributed by atoms with Crippen molar-refractivity contribution < 1.29 is 18.3 Å². The number of fused-ring (bicyclic) bond motifs is 1. The number of hydrogen-bond acceptors (Lipinski definition) is 3. The van der Waals surface area contributed by atoms with Crippen molar-refractivity contribution in [1.29, 1.82) is 0 Å². The van der Waals surface area contributed by atoms with E-state index in [0.29, 0.717) is 6.42 Å². The molecule has 1 aromatic heterocycles. The van der Waals surface area contributed by atoms with Crippen molar-refractivity contribution in [2.45, 2.75) is 19.6 Å². The van der Waals surface area contributed by atoms with Crippen LogP contribution in [0.25, 0.3) is 0 Å². The number of carbonyl (C=O) groups is 1. The maximum Gasteiger partial charge on any atom is 0.273 e. The molecule has 30 heavy (non-hydrogen) atoms. The summed E-state index contributed by atoms with van der Waals surface area (Å²) < 4.78 is 33.6. The van der Waals surface area contributed by atoms with Gasteiger partial charge in [-0.05, 0) is 35.4 Å². The maximum absolute atomic E-state index is 13.7. The number of halogens is 3. The standard InChI is InChI=1S/C22H17ClF2N2O3/c1-26-18-5-2-13(8-15(18)9-20(26)28)11-27-7-6-19(21(23)22(27)29)30-12-14-3-4-16(24)10-17(14)25/h2-8,10H,9,11-12H2,1H3. The number of hydrogen-bond donors (Lipinski definition) is 0. The predicted molar refractivity (Wildman–Crippen MR) is 109 cm³/mol. The van der Waals surface area contributed by atoms with Gasteiger partial charge in [0, 0.05) is 30.6 Å². The molecule has 2 heterocycles. The zero-order chi connectivity index (χ0) is 21.4. The van der Waals surface area contributed by atoms with E-state index in [2.05, 4.69) is 0 Å². The Morgan fingerprint density at radius 2 is 1.90 bits per heavy atom. The molecule has 5 nitrogen and oxygen atoms in total. The van der Waals surface area contributed by atoms with Crippen molar-refractivity contribution in [2.75, 3.05) is 11.9 Å². The van der Waals surface area contributed by atoms with Gasteiger partial charge in [0.05, 0.1) is 13.0 Å². The summed E-state index contributed by atoms with van der Waals surface area (Å²) in [6, 6.07) is 10.3. The van der Waals surface area contributed by atoms with Gasteiger partial charge in [-0.3, -0.25) is 9.59 Å². The highest BCUT2D eigenvalue weighted by molar-refractivity contribution is 6.31. The second-order valence-electron chi connectivity index (χ2n) is 7.04. The normalized spacial score (nSPS) is 12.9. The lowest BCUT2D eigenvalue weighted by Gasteiger charge is -2.13. The van der Waals surface area contributed by atoms with E-state index in [9.17, 15) is 18.4 Å². The van der Waals surface area contributed by atoms with Gasteiger partial charge in [-0.1, -0.05) is 23.7 Å². The second-order valence-corrected chi connectivity index (χ2v) is 7.42. The van der Waals surface area contributed by atoms with E-state index in [-0.39, 0.29) is 35.4 Å². The van der Waals surface area contributed by atoms with Crippen LogP contribution in [0.2, 0.25) is 5.02 Å². The minimum atomic E-state index is -0.736. The lowest BCUT2D eigenvalue weighted by molar-refractivity contribution is -0.117. The highest BCUT2D eigenvalue weighted by Gasteiger charge is 2.24. The van der Waals surface area contributed by atoms with Crippen LogP contribution in [0.5, 0.6) is 5.75 Å². The Bertz CT molecular complexity index is 1210. The van der Waals surface area contributed by atoms with Crippen molar-refractivity contribution in [3.05, 3.63) is 92.4 Å². The van der Waals surface area contributed by atoms with Gasteiger partial charge in [-0.25, -0.2) is 8.78 Å². The molecule has 0 saturated heterocycles. The topological polar surface area (TPSA) is 51.5 Å². The van der Waals surface area contributed by atoms with E-state index in [0.717, 1.165) is 28.9 Å². The van der Waals surface area contributed by atoms with Gasteiger partial charge in [0.2, 0.25) is 5.91 Å². The summed E-state index contributed by atoms with van der Waals surface area (Å²) in [5, 5.41) is -0.129. The predicted octanol–water partition coefficient (Wildman–Crippen LogP) is 3.93. The van der Waals surface area contributed by atoms with Crippen LogP contribution in [0, 0.1) is 11.6 Å². The highest BCUT2D eigenvalue weighted by Crippen LogP contribution is 2.29. The van der Waals surface area contributed by atoms with Crippen LogP contribution in [0.4, 0.5) is 14.5 Å². The van der Waals surface area contributed by atoms with Crippen molar-refractivity contribution >= 4 is 23.2 Å². The monoisotopic (exact) mass is 430 g/mol. The van der Waals surface area contributed by atoms with E-state index >= 15 is 0 Å². The summed E-state index contributed by atoms with van der Waals surface area (Å²) in [5.41, 5.74) is 2.33. The first-order valence-corrected chi connectivity index (χ1v) is 9.55. The lowest BCUT2D eigenvalue weighted by Crippen LogP contribution is -2.21. The van der Waals surface area contributed by atoms with Crippen LogP contribution >= 0.6 is 11.6 Å². The average molecular weight is 431 g/mol. The maximum atomic E-state index is 13.7. The van der Waals surface area contributed by atoms with E-state index in [1.807, 2.05) is 18.2 Å². The Morgan fingerprint density at radius 1 is 1.10 bits per heavy atom. The van der Waals surface area contributed by atoms with Crippen LogP contribution in [0.15, 0.2) is 53.5 Å². The van der Waals surface area contributed by atoms with Crippen molar-refractivity contribution in [1.82, 2.24) is 4.57 Å². The van der Waals surface area contributed by atoms with E-state index in [1.165, 1.54) is 22.9 Å². The summed E-state index contributed by atoms with van der Waals surface area (Å²) in [7, 11) is 1.73. The van der Waals surface area contributed by atoms with Gasteiger partial charge in [0.1, 0.15) is 29.0 Å². The first-order chi connectivity index (χ1) is 14.3. The van der Waals surface area contributed by atoms with Crippen LogP contribution in [-0.4, -0.2) is 17.5 Å². The third kappa shape index (κ3) is 3.80. The van der Waals surface area contributed by atoms with Crippen molar-refractivity contribution in [3.8, 4) is 5.75 Å². The summed E-state index contributed by atoms with van der Waals surface area (Å²) >= 11 is 6.16. The van der Waals surface area contributed by atoms with Crippen LogP contribution < -0.4 is 15.2 Å². The summed E-state index contributed by atoms with van der Waals surface area (Å²) in [5.74, 6) is -1.27. The fourth-order valence-corrected chi connectivity index (χ4v) is 3.60. The van der Waals surface area contributed by atoms with E-state index in [4.69, 9.17) is 16.3 Å². The van der Waals surface area contributed by atoms with Gasteiger partial charge in [-0.15, -0.1) is 0 Å². The zero-order valence-corrected chi connectivity index (χ0v) is 16.7. The number of anilines is 1. The Morgan fingerprint density at radius 3 is 2.67 bits per heavy atom. The van der Waals surface area contributed by atoms with Crippen molar-refractivity contribution in [3.63, 3.8) is 0 Å². The molecular formula is C22H17ClF2N2O3. The van der Waals surface area contributed by atoms with E-state index < -0.39 is 17.2 Å². The number of benzene rings is 2. The summed E-state index contributed by atoms with van der Waals surface area (Å²) in [6.07, 6.45) is 1.87. The number of rotatable bonds is 5. The molecule has 4 rings (SSSR count). The molecule has 0 N–H and O–H groups in total. The number of aromatic nitrogens is 1. The first kappa shape index (κ1) is 20.1. The lowest BCUT2D eigenvalue weighted by atomic mass is 10.1. The van der Waals surface area contributed by atoms with Gasteiger partial charge in [0.25, 0.3) is 5.56 Å². The minimum absolute atomic E-state index is 0.0291. The van der Waals surface area contributed by atoms with Crippen molar-refractivity contribution in [2.24, 2.45) is 0 Å². The smallest absolute Gasteiger partial charge is 0.273 e. The molecule has 8 heteroatoms. The summed E-state index contributed by atoms with van der Waals surface area (Å²) in [6.45, 7) is 0.0816. The SMILES string of the molecule is CN1C(=O)Cc2cc(Cn3ccc(OCc4ccc(F)cc4F)c(Cl)c3=O)ccc21. The fraction of sp³-hybridized carbons (Fsp3) is 0.182. The average Bonchev–Trinajstić information content (AvgIpc) is 2.99. The Kier molecular flexibility index (Phi) is 5.30. The third-order valence-corrected chi connectivity index (χ3v) is 5.39. The second kappa shape index (κ2) is 7.91. The molecule has 0 radical (unpaired) electrons. The third-order valence-electron chi connectivity index (χ3n) is 5.04. The number of nitrogens with zero attached hydrogens (tertiary/aromatic N) is 2. The molecule has 0 saturated carbocycles. The molecule has 0 bridgehead atoms. The Hall–Kier alpha value is -3.19. The van der Waals surface area contributed by atoms with E-state index in [1.54, 1.807) is 11.9 Å². The van der Waals surface area contributed by atoms with Gasteiger partial charge >= 0.3 is 0 Å². The molecule has 1 aliphatic heterocycles. The first-order valence-electron chi connectivity index (χ1n) is 9.17. The molecule has 2 aromatic carbocycles. The highest BCUT2D eigenvalue weighted by atomic mass is 35.5. The number of ether oxygens (including phenoxy) is 1. The van der Waals surface area contributed by atoms with Crippen LogP contribution in [-0.2, 0) is 24.4 Å². The summed E-state index contributed by atoms with van der Waals surface area (Å²) in [4.78, 5) is 26.1. The zero-order valence-electron chi connectivity index (χ0n) is 16.0. The number of pyridine rings is 1. The van der Waals surface area contributed by atoms with Gasteiger partial charge < -0.3 is 14.2 Å². The molecule has 0 fully saturated rings.